The van der Waals surface area contributed by atoms with Gasteiger partial charge in [0.15, 0.2) is 5.96 Å². The Kier molecular flexibility index (Phi) is 11.2. The number of nitrogens with zero attached hydrogens (tertiary/aromatic N) is 2. The second-order valence-electron chi connectivity index (χ2n) is 6.28. The van der Waals surface area contributed by atoms with E-state index < -0.39 is 12.7 Å². The molecule has 8 heteroatoms. The van der Waals surface area contributed by atoms with E-state index in [1.54, 1.807) is 0 Å². The van der Waals surface area contributed by atoms with E-state index in [2.05, 4.69) is 29.5 Å². The number of alkyl halides is 3. The first-order valence-corrected chi connectivity index (χ1v) is 8.14. The SMILES string of the molecule is CCNC(=NCCCC(C)C)NC1CCN(CC(F)(F)F)C1.I. The zero-order valence-electron chi connectivity index (χ0n) is 14.2. The van der Waals surface area contributed by atoms with Crippen LogP contribution in [0.4, 0.5) is 13.2 Å². The minimum absolute atomic E-state index is 0. The molecule has 1 aliphatic heterocycles. The van der Waals surface area contributed by atoms with Crippen LogP contribution in [0.25, 0.3) is 0 Å². The Bertz CT molecular complexity index is 348. The van der Waals surface area contributed by atoms with Gasteiger partial charge < -0.3 is 10.6 Å². The Labute approximate surface area is 154 Å². The summed E-state index contributed by atoms with van der Waals surface area (Å²) in [4.78, 5) is 5.95. The van der Waals surface area contributed by atoms with Crippen LogP contribution >= 0.6 is 24.0 Å². The van der Waals surface area contributed by atoms with E-state index in [1.165, 1.54) is 4.90 Å². The third-order valence-corrected chi connectivity index (χ3v) is 3.57. The molecular formula is C15H30F3IN4. The van der Waals surface area contributed by atoms with Crippen molar-refractivity contribution < 1.29 is 13.2 Å². The van der Waals surface area contributed by atoms with Crippen molar-refractivity contribution in [3.63, 3.8) is 0 Å². The number of rotatable bonds is 7. The van der Waals surface area contributed by atoms with Gasteiger partial charge in [0, 0.05) is 32.2 Å². The first-order chi connectivity index (χ1) is 10.3. The topological polar surface area (TPSA) is 39.7 Å². The first-order valence-electron chi connectivity index (χ1n) is 8.14. The molecule has 0 amide bonds. The first kappa shape index (κ1) is 22.8. The molecule has 0 saturated carbocycles. The van der Waals surface area contributed by atoms with Crippen LogP contribution in [0.1, 0.15) is 40.0 Å². The zero-order valence-corrected chi connectivity index (χ0v) is 16.6. The summed E-state index contributed by atoms with van der Waals surface area (Å²) in [7, 11) is 0. The average Bonchev–Trinajstić information content (AvgIpc) is 2.79. The van der Waals surface area contributed by atoms with E-state index in [0.29, 0.717) is 31.4 Å². The fourth-order valence-corrected chi connectivity index (χ4v) is 2.55. The Morgan fingerprint density at radius 1 is 1.35 bits per heavy atom. The van der Waals surface area contributed by atoms with Gasteiger partial charge >= 0.3 is 6.18 Å². The lowest BCUT2D eigenvalue weighted by atomic mass is 10.1. The molecule has 2 N–H and O–H groups in total. The predicted molar refractivity (Wildman–Crippen MR) is 99.5 cm³/mol. The van der Waals surface area contributed by atoms with Crippen LogP contribution in [-0.2, 0) is 0 Å². The van der Waals surface area contributed by atoms with E-state index in [1.807, 2.05) is 6.92 Å². The van der Waals surface area contributed by atoms with E-state index in [-0.39, 0.29) is 30.0 Å². The van der Waals surface area contributed by atoms with Crippen LogP contribution in [-0.4, -0.2) is 55.8 Å². The molecule has 1 atom stereocenters. The normalized spacial score (nSPS) is 19.8. The summed E-state index contributed by atoms with van der Waals surface area (Å²) in [5, 5.41) is 6.41. The molecule has 0 spiro atoms. The number of guanidine groups is 1. The van der Waals surface area contributed by atoms with Crippen LogP contribution in [0.2, 0.25) is 0 Å². The van der Waals surface area contributed by atoms with Crippen LogP contribution in [0.5, 0.6) is 0 Å². The number of likely N-dealkylation sites (tertiary alicyclic amines) is 1. The Balaban J connectivity index is 0.00000484. The van der Waals surface area contributed by atoms with Gasteiger partial charge in [-0.1, -0.05) is 13.8 Å². The van der Waals surface area contributed by atoms with Crippen molar-refractivity contribution in [1.82, 2.24) is 15.5 Å². The molecule has 0 aromatic heterocycles. The van der Waals surface area contributed by atoms with Gasteiger partial charge in [-0.25, -0.2) is 0 Å². The average molecular weight is 450 g/mol. The third kappa shape index (κ3) is 11.0. The summed E-state index contributed by atoms with van der Waals surface area (Å²) in [5.74, 6) is 1.38. The predicted octanol–water partition coefficient (Wildman–Crippen LogP) is 3.23. The highest BCUT2D eigenvalue weighted by Crippen LogP contribution is 2.19. The number of nitrogens with one attached hydrogen (secondary N) is 2. The van der Waals surface area contributed by atoms with Crippen molar-refractivity contribution in [2.45, 2.75) is 52.3 Å². The quantitative estimate of drug-likeness (QED) is 0.271. The summed E-state index contributed by atoms with van der Waals surface area (Å²) in [6.45, 7) is 7.90. The third-order valence-electron chi connectivity index (χ3n) is 3.57. The number of hydrogen-bond donors (Lipinski definition) is 2. The summed E-state index contributed by atoms with van der Waals surface area (Å²) in [5.41, 5.74) is 0. The van der Waals surface area contributed by atoms with Crippen LogP contribution in [0.15, 0.2) is 4.99 Å². The fourth-order valence-electron chi connectivity index (χ4n) is 2.55. The highest BCUT2D eigenvalue weighted by molar-refractivity contribution is 14.0. The highest BCUT2D eigenvalue weighted by atomic mass is 127. The molecule has 138 valence electrons. The Morgan fingerprint density at radius 2 is 2.04 bits per heavy atom. The van der Waals surface area contributed by atoms with Crippen LogP contribution in [0.3, 0.4) is 0 Å². The van der Waals surface area contributed by atoms with Crippen LogP contribution in [0, 0.1) is 5.92 Å². The van der Waals surface area contributed by atoms with Gasteiger partial charge in [-0.2, -0.15) is 13.2 Å². The molecule has 0 aliphatic carbocycles. The van der Waals surface area contributed by atoms with Gasteiger partial charge in [-0.3, -0.25) is 9.89 Å². The van der Waals surface area contributed by atoms with E-state index >= 15 is 0 Å². The molecule has 0 aromatic carbocycles. The summed E-state index contributed by atoms with van der Waals surface area (Å²) in [6.07, 6.45) is -1.25. The molecule has 4 nitrogen and oxygen atoms in total. The highest BCUT2D eigenvalue weighted by Gasteiger charge is 2.34. The lowest BCUT2D eigenvalue weighted by Crippen LogP contribution is -2.45. The van der Waals surface area contributed by atoms with Crippen molar-refractivity contribution in [2.75, 3.05) is 32.7 Å². The maximum Gasteiger partial charge on any atom is 0.401 e. The maximum atomic E-state index is 12.4. The number of hydrogen-bond acceptors (Lipinski definition) is 2. The number of halogens is 4. The molecule has 1 heterocycles. The summed E-state index contributed by atoms with van der Waals surface area (Å²) >= 11 is 0. The summed E-state index contributed by atoms with van der Waals surface area (Å²) < 4.78 is 37.2. The molecule has 1 saturated heterocycles. The van der Waals surface area contributed by atoms with Gasteiger partial charge in [0.25, 0.3) is 0 Å². The van der Waals surface area contributed by atoms with Crippen molar-refractivity contribution in [1.29, 1.82) is 0 Å². The van der Waals surface area contributed by atoms with Crippen molar-refractivity contribution in [3.05, 3.63) is 0 Å². The summed E-state index contributed by atoms with van der Waals surface area (Å²) in [6, 6.07) is 0.0326. The molecular weight excluding hydrogens is 420 g/mol. The van der Waals surface area contributed by atoms with Gasteiger partial charge in [-0.15, -0.1) is 24.0 Å². The zero-order chi connectivity index (χ0) is 16.6. The molecule has 0 bridgehead atoms. The smallest absolute Gasteiger partial charge is 0.357 e. The van der Waals surface area contributed by atoms with Crippen molar-refractivity contribution in [3.8, 4) is 0 Å². The molecule has 0 aromatic rings. The monoisotopic (exact) mass is 450 g/mol. The maximum absolute atomic E-state index is 12.4. The molecule has 23 heavy (non-hydrogen) atoms. The molecule has 0 radical (unpaired) electrons. The molecule has 1 unspecified atom stereocenters. The number of aliphatic imine (C=N–C) groups is 1. The van der Waals surface area contributed by atoms with Crippen molar-refractivity contribution >= 4 is 29.9 Å². The minimum atomic E-state index is -4.12. The fraction of sp³-hybridized carbons (Fsp3) is 0.933. The standard InChI is InChI=1S/C15H29F3N4.HI/c1-4-19-14(20-8-5-6-12(2)3)21-13-7-9-22(10-13)11-15(16,17)18;/h12-13H,4-11H2,1-3H3,(H2,19,20,21);1H. The lowest BCUT2D eigenvalue weighted by Gasteiger charge is -2.19. The van der Waals surface area contributed by atoms with Gasteiger partial charge in [0.2, 0.25) is 0 Å². The van der Waals surface area contributed by atoms with Gasteiger partial charge in [0.1, 0.15) is 0 Å². The van der Waals surface area contributed by atoms with Crippen LogP contribution < -0.4 is 10.6 Å². The van der Waals surface area contributed by atoms with E-state index in [9.17, 15) is 13.2 Å². The van der Waals surface area contributed by atoms with Crippen molar-refractivity contribution in [2.24, 2.45) is 10.9 Å². The second-order valence-corrected chi connectivity index (χ2v) is 6.28. The Morgan fingerprint density at radius 3 is 2.61 bits per heavy atom. The minimum Gasteiger partial charge on any atom is -0.357 e. The van der Waals surface area contributed by atoms with E-state index in [0.717, 1.165) is 25.9 Å². The molecule has 1 fully saturated rings. The molecule has 1 rings (SSSR count). The van der Waals surface area contributed by atoms with Gasteiger partial charge in [0.05, 0.1) is 6.54 Å². The largest absolute Gasteiger partial charge is 0.401 e. The van der Waals surface area contributed by atoms with E-state index in [4.69, 9.17) is 0 Å². The Hall–Kier alpha value is -0.250. The molecule has 1 aliphatic rings. The lowest BCUT2D eigenvalue weighted by molar-refractivity contribution is -0.143. The second kappa shape index (κ2) is 11.3. The van der Waals surface area contributed by atoms with Gasteiger partial charge in [-0.05, 0) is 32.1 Å².